The predicted octanol–water partition coefficient (Wildman–Crippen LogP) is 4.68. The zero-order chi connectivity index (χ0) is 17.3. The number of amides is 2. The first-order chi connectivity index (χ1) is 11.5. The molecule has 0 unspecified atom stereocenters. The standard InChI is InChI=1S/C18H16Cl2N2O2/c1-11-4-6-13(10-15(11)20)21-18(24)12-5-7-14(19)16(9-12)22-8-2-3-17(22)23/h4-7,9-10H,2-3,8H2,1H3,(H,21,24). The Labute approximate surface area is 150 Å². The highest BCUT2D eigenvalue weighted by atomic mass is 35.5. The summed E-state index contributed by atoms with van der Waals surface area (Å²) in [4.78, 5) is 26.0. The van der Waals surface area contributed by atoms with E-state index in [0.29, 0.717) is 39.9 Å². The van der Waals surface area contributed by atoms with Gasteiger partial charge in [0.15, 0.2) is 0 Å². The largest absolute Gasteiger partial charge is 0.322 e. The number of carbonyl (C=O) groups excluding carboxylic acids is 2. The van der Waals surface area contributed by atoms with Crippen LogP contribution >= 0.6 is 23.2 Å². The van der Waals surface area contributed by atoms with Crippen molar-refractivity contribution in [2.45, 2.75) is 19.8 Å². The number of hydrogen-bond donors (Lipinski definition) is 1. The van der Waals surface area contributed by atoms with Crippen molar-refractivity contribution in [1.82, 2.24) is 0 Å². The molecule has 24 heavy (non-hydrogen) atoms. The first-order valence-electron chi connectivity index (χ1n) is 7.63. The van der Waals surface area contributed by atoms with Crippen LogP contribution in [0.1, 0.15) is 28.8 Å². The van der Waals surface area contributed by atoms with Crippen LogP contribution in [0.25, 0.3) is 0 Å². The number of nitrogens with one attached hydrogen (secondary N) is 1. The third-order valence-corrected chi connectivity index (χ3v) is 4.73. The van der Waals surface area contributed by atoms with Crippen LogP contribution in [-0.4, -0.2) is 18.4 Å². The second kappa shape index (κ2) is 6.83. The lowest BCUT2D eigenvalue weighted by Crippen LogP contribution is -2.24. The van der Waals surface area contributed by atoms with E-state index in [4.69, 9.17) is 23.2 Å². The lowest BCUT2D eigenvalue weighted by molar-refractivity contribution is -0.117. The Morgan fingerprint density at radius 1 is 1.12 bits per heavy atom. The fourth-order valence-corrected chi connectivity index (χ4v) is 3.04. The molecule has 124 valence electrons. The van der Waals surface area contributed by atoms with Crippen LogP contribution < -0.4 is 10.2 Å². The summed E-state index contributed by atoms with van der Waals surface area (Å²) in [5, 5.41) is 3.85. The summed E-state index contributed by atoms with van der Waals surface area (Å²) in [5.74, 6) is -0.251. The van der Waals surface area contributed by atoms with Gasteiger partial charge in [0.25, 0.3) is 5.91 Å². The van der Waals surface area contributed by atoms with Crippen LogP contribution in [0.15, 0.2) is 36.4 Å². The molecule has 3 rings (SSSR count). The van der Waals surface area contributed by atoms with Gasteiger partial charge in [0, 0.05) is 29.2 Å². The third-order valence-electron chi connectivity index (χ3n) is 4.00. The minimum atomic E-state index is -0.278. The normalized spacial score (nSPS) is 14.1. The van der Waals surface area contributed by atoms with E-state index in [1.807, 2.05) is 13.0 Å². The second-order valence-electron chi connectivity index (χ2n) is 5.73. The molecule has 0 aliphatic carbocycles. The summed E-state index contributed by atoms with van der Waals surface area (Å²) in [6.07, 6.45) is 1.31. The van der Waals surface area contributed by atoms with Crippen molar-refractivity contribution < 1.29 is 9.59 Å². The van der Waals surface area contributed by atoms with Crippen LogP contribution in [-0.2, 0) is 4.79 Å². The summed E-state index contributed by atoms with van der Waals surface area (Å²) < 4.78 is 0. The molecule has 1 fully saturated rings. The highest BCUT2D eigenvalue weighted by molar-refractivity contribution is 6.34. The molecule has 1 N–H and O–H groups in total. The van der Waals surface area contributed by atoms with Crippen LogP contribution in [0.3, 0.4) is 0 Å². The van der Waals surface area contributed by atoms with E-state index in [2.05, 4.69) is 5.32 Å². The Morgan fingerprint density at radius 3 is 2.58 bits per heavy atom. The van der Waals surface area contributed by atoms with Gasteiger partial charge in [-0.25, -0.2) is 0 Å². The molecule has 1 saturated heterocycles. The first-order valence-corrected chi connectivity index (χ1v) is 8.39. The maximum atomic E-state index is 12.5. The van der Waals surface area contributed by atoms with Gasteiger partial charge in [0.05, 0.1) is 10.7 Å². The quantitative estimate of drug-likeness (QED) is 0.861. The van der Waals surface area contributed by atoms with Gasteiger partial charge in [-0.3, -0.25) is 9.59 Å². The number of nitrogens with zero attached hydrogens (tertiary/aromatic N) is 1. The summed E-state index contributed by atoms with van der Waals surface area (Å²) in [5.41, 5.74) is 2.57. The van der Waals surface area contributed by atoms with Gasteiger partial charge >= 0.3 is 0 Å². The van der Waals surface area contributed by atoms with Crippen molar-refractivity contribution in [1.29, 1.82) is 0 Å². The molecule has 2 aromatic carbocycles. The third kappa shape index (κ3) is 3.40. The smallest absolute Gasteiger partial charge is 0.255 e. The van der Waals surface area contributed by atoms with Gasteiger partial charge in [0.2, 0.25) is 5.91 Å². The fourth-order valence-electron chi connectivity index (χ4n) is 2.64. The molecule has 0 aromatic heterocycles. The van der Waals surface area contributed by atoms with Gasteiger partial charge in [-0.15, -0.1) is 0 Å². The number of rotatable bonds is 3. The second-order valence-corrected chi connectivity index (χ2v) is 6.55. The summed E-state index contributed by atoms with van der Waals surface area (Å²) >= 11 is 12.3. The number of halogens is 2. The summed E-state index contributed by atoms with van der Waals surface area (Å²) in [7, 11) is 0. The van der Waals surface area contributed by atoms with Crippen LogP contribution in [0.4, 0.5) is 11.4 Å². The number of carbonyl (C=O) groups is 2. The van der Waals surface area contributed by atoms with Gasteiger partial charge in [-0.2, -0.15) is 0 Å². The van der Waals surface area contributed by atoms with Crippen molar-refractivity contribution in [3.05, 3.63) is 57.6 Å². The lowest BCUT2D eigenvalue weighted by Gasteiger charge is -2.18. The van der Waals surface area contributed by atoms with E-state index in [1.165, 1.54) is 0 Å². The zero-order valence-corrected chi connectivity index (χ0v) is 14.6. The highest BCUT2D eigenvalue weighted by Gasteiger charge is 2.24. The monoisotopic (exact) mass is 362 g/mol. The SMILES string of the molecule is Cc1ccc(NC(=O)c2ccc(Cl)c(N3CCCC3=O)c2)cc1Cl. The van der Waals surface area contributed by atoms with E-state index in [-0.39, 0.29) is 11.8 Å². The van der Waals surface area contributed by atoms with E-state index < -0.39 is 0 Å². The van der Waals surface area contributed by atoms with Crippen molar-refractivity contribution >= 4 is 46.4 Å². The first kappa shape index (κ1) is 16.8. The Kier molecular flexibility index (Phi) is 4.78. The molecule has 6 heteroatoms. The zero-order valence-electron chi connectivity index (χ0n) is 13.1. The summed E-state index contributed by atoms with van der Waals surface area (Å²) in [6.45, 7) is 2.52. The summed E-state index contributed by atoms with van der Waals surface area (Å²) in [6, 6.07) is 10.3. The molecule has 2 amide bonds. The van der Waals surface area contributed by atoms with E-state index in [1.54, 1.807) is 35.2 Å². The molecule has 1 heterocycles. The molecule has 0 atom stereocenters. The number of anilines is 2. The topological polar surface area (TPSA) is 49.4 Å². The number of hydrogen-bond acceptors (Lipinski definition) is 2. The molecule has 0 spiro atoms. The van der Waals surface area contributed by atoms with Crippen LogP contribution in [0, 0.1) is 6.92 Å². The van der Waals surface area contributed by atoms with Crippen molar-refractivity contribution in [2.75, 3.05) is 16.8 Å². The minimum absolute atomic E-state index is 0.0276. The lowest BCUT2D eigenvalue weighted by atomic mass is 10.1. The molecule has 4 nitrogen and oxygen atoms in total. The van der Waals surface area contributed by atoms with Crippen LogP contribution in [0.2, 0.25) is 10.0 Å². The maximum absolute atomic E-state index is 12.5. The Balaban J connectivity index is 1.84. The average molecular weight is 363 g/mol. The Bertz CT molecular complexity index is 821. The Morgan fingerprint density at radius 2 is 1.92 bits per heavy atom. The molecule has 1 aliphatic rings. The molecular weight excluding hydrogens is 347 g/mol. The van der Waals surface area contributed by atoms with E-state index in [9.17, 15) is 9.59 Å². The van der Waals surface area contributed by atoms with Gasteiger partial charge in [-0.05, 0) is 49.2 Å². The van der Waals surface area contributed by atoms with Crippen molar-refractivity contribution in [2.24, 2.45) is 0 Å². The molecular formula is C18H16Cl2N2O2. The predicted molar refractivity (Wildman–Crippen MR) is 97.2 cm³/mol. The minimum Gasteiger partial charge on any atom is -0.322 e. The van der Waals surface area contributed by atoms with Crippen molar-refractivity contribution in [3.8, 4) is 0 Å². The molecule has 1 aliphatic heterocycles. The molecule has 0 bridgehead atoms. The van der Waals surface area contributed by atoms with Gasteiger partial charge in [-0.1, -0.05) is 29.3 Å². The molecule has 0 saturated carbocycles. The number of benzene rings is 2. The molecule has 2 aromatic rings. The Hall–Kier alpha value is -2.04. The fraction of sp³-hybridized carbons (Fsp3) is 0.222. The molecule has 0 radical (unpaired) electrons. The van der Waals surface area contributed by atoms with E-state index >= 15 is 0 Å². The highest BCUT2D eigenvalue weighted by Crippen LogP contribution is 2.30. The van der Waals surface area contributed by atoms with Crippen molar-refractivity contribution in [3.63, 3.8) is 0 Å². The van der Waals surface area contributed by atoms with E-state index in [0.717, 1.165) is 12.0 Å². The van der Waals surface area contributed by atoms with Gasteiger partial charge < -0.3 is 10.2 Å². The van der Waals surface area contributed by atoms with Gasteiger partial charge in [0.1, 0.15) is 0 Å². The average Bonchev–Trinajstić information content (AvgIpc) is 2.97. The number of aryl methyl sites for hydroxylation is 1. The maximum Gasteiger partial charge on any atom is 0.255 e. The van der Waals surface area contributed by atoms with Crippen LogP contribution in [0.5, 0.6) is 0 Å².